The summed E-state index contributed by atoms with van der Waals surface area (Å²) in [5.74, 6) is -0.210. The zero-order chi connectivity index (χ0) is 26.2. The van der Waals surface area contributed by atoms with Crippen LogP contribution in [0.3, 0.4) is 0 Å². The Hall–Kier alpha value is -3.39. The van der Waals surface area contributed by atoms with Crippen molar-refractivity contribution in [2.45, 2.75) is 57.5 Å². The molecular weight excluding hydrogens is 468 g/mol. The standard InChI is InChI=1S/C29H38N4O4/c1-3-33(4-2)28(35)26(32-27(34)25-15-9-17-30-25)16-10-18-31-29(36)37-19-24-22-13-7-5-11-20(22)21-12-6-8-14-23(21)24/h5-8,11-14,24-26,30H,3-4,9-10,15-19H2,1-2H3,(H,31,36)(H,32,34)/t25-,26-/m0/s1. The summed E-state index contributed by atoms with van der Waals surface area (Å²) in [6.45, 7) is 6.46. The van der Waals surface area contributed by atoms with Crippen molar-refractivity contribution < 1.29 is 19.1 Å². The Labute approximate surface area is 219 Å². The van der Waals surface area contributed by atoms with Gasteiger partial charge in [0.2, 0.25) is 11.8 Å². The van der Waals surface area contributed by atoms with E-state index in [4.69, 9.17) is 4.74 Å². The van der Waals surface area contributed by atoms with Crippen molar-refractivity contribution in [3.8, 4) is 11.1 Å². The summed E-state index contributed by atoms with van der Waals surface area (Å²) in [5, 5.41) is 8.92. The number of fused-ring (bicyclic) bond motifs is 3. The summed E-state index contributed by atoms with van der Waals surface area (Å²) in [5.41, 5.74) is 4.71. The molecule has 0 aromatic heterocycles. The van der Waals surface area contributed by atoms with E-state index in [1.807, 2.05) is 38.1 Å². The van der Waals surface area contributed by atoms with E-state index in [0.29, 0.717) is 32.5 Å². The molecule has 8 heteroatoms. The first-order valence-corrected chi connectivity index (χ1v) is 13.4. The third-order valence-electron chi connectivity index (χ3n) is 7.35. The number of carbonyl (C=O) groups is 3. The maximum absolute atomic E-state index is 13.0. The van der Waals surface area contributed by atoms with E-state index in [-0.39, 0.29) is 30.4 Å². The SMILES string of the molecule is CCN(CC)C(=O)[C@H](CCCNC(=O)OCC1c2ccccc2-c2ccccc21)NC(=O)[C@@H]1CCCN1. The van der Waals surface area contributed by atoms with Crippen molar-refractivity contribution in [1.82, 2.24) is 20.9 Å². The fraction of sp³-hybridized carbons (Fsp3) is 0.483. The van der Waals surface area contributed by atoms with Gasteiger partial charge in [-0.2, -0.15) is 0 Å². The first-order chi connectivity index (χ1) is 18.0. The first kappa shape index (κ1) is 26.7. The molecule has 0 radical (unpaired) electrons. The molecule has 3 amide bonds. The molecule has 2 aliphatic rings. The Balaban J connectivity index is 1.27. The topological polar surface area (TPSA) is 99.8 Å². The minimum absolute atomic E-state index is 0.00799. The fourth-order valence-electron chi connectivity index (χ4n) is 5.34. The lowest BCUT2D eigenvalue weighted by Gasteiger charge is -2.27. The highest BCUT2D eigenvalue weighted by atomic mass is 16.5. The molecule has 1 saturated heterocycles. The number of likely N-dealkylation sites (N-methyl/N-ethyl adjacent to an activating group) is 1. The van der Waals surface area contributed by atoms with Crippen molar-refractivity contribution >= 4 is 17.9 Å². The number of nitrogens with one attached hydrogen (secondary N) is 3. The number of carbonyl (C=O) groups excluding carboxylic acids is 3. The molecule has 1 aliphatic carbocycles. The maximum atomic E-state index is 13.0. The summed E-state index contributed by atoms with van der Waals surface area (Å²) < 4.78 is 5.60. The lowest BCUT2D eigenvalue weighted by molar-refractivity contribution is -0.136. The second-order valence-corrected chi connectivity index (χ2v) is 9.62. The molecule has 8 nitrogen and oxygen atoms in total. The number of hydrogen-bond donors (Lipinski definition) is 3. The van der Waals surface area contributed by atoms with Crippen LogP contribution in [-0.4, -0.2) is 67.7 Å². The van der Waals surface area contributed by atoms with Gasteiger partial charge in [-0.15, -0.1) is 0 Å². The highest BCUT2D eigenvalue weighted by Crippen LogP contribution is 2.44. The van der Waals surface area contributed by atoms with E-state index in [1.54, 1.807) is 4.90 Å². The van der Waals surface area contributed by atoms with Crippen LogP contribution >= 0.6 is 0 Å². The van der Waals surface area contributed by atoms with Crippen LogP contribution in [0.5, 0.6) is 0 Å². The van der Waals surface area contributed by atoms with Gasteiger partial charge in [0, 0.05) is 25.6 Å². The highest BCUT2D eigenvalue weighted by Gasteiger charge is 2.30. The molecule has 0 spiro atoms. The molecule has 198 valence electrons. The predicted octanol–water partition coefficient (Wildman–Crippen LogP) is 3.41. The van der Waals surface area contributed by atoms with Crippen LogP contribution in [-0.2, 0) is 14.3 Å². The van der Waals surface area contributed by atoms with Gasteiger partial charge in [0.1, 0.15) is 12.6 Å². The van der Waals surface area contributed by atoms with Crippen molar-refractivity contribution in [1.29, 1.82) is 0 Å². The summed E-state index contributed by atoms with van der Waals surface area (Å²) >= 11 is 0. The van der Waals surface area contributed by atoms with Crippen molar-refractivity contribution in [2.24, 2.45) is 0 Å². The van der Waals surface area contributed by atoms with Gasteiger partial charge < -0.3 is 25.6 Å². The molecule has 1 aliphatic heterocycles. The van der Waals surface area contributed by atoms with Crippen molar-refractivity contribution in [2.75, 3.05) is 32.8 Å². The number of hydrogen-bond acceptors (Lipinski definition) is 5. The Morgan fingerprint density at radius 3 is 2.27 bits per heavy atom. The second-order valence-electron chi connectivity index (χ2n) is 9.62. The quantitative estimate of drug-likeness (QED) is 0.406. The van der Waals surface area contributed by atoms with Crippen LogP contribution in [0.4, 0.5) is 4.79 Å². The molecule has 0 unspecified atom stereocenters. The maximum Gasteiger partial charge on any atom is 0.407 e. The lowest BCUT2D eigenvalue weighted by atomic mass is 9.98. The second kappa shape index (κ2) is 12.7. The summed E-state index contributed by atoms with van der Waals surface area (Å²) in [6, 6.07) is 15.6. The van der Waals surface area contributed by atoms with E-state index >= 15 is 0 Å². The molecule has 0 bridgehead atoms. The average molecular weight is 507 g/mol. The zero-order valence-electron chi connectivity index (χ0n) is 21.8. The molecule has 1 heterocycles. The van der Waals surface area contributed by atoms with Gasteiger partial charge >= 0.3 is 6.09 Å². The Bertz CT molecular complexity index is 1050. The van der Waals surface area contributed by atoms with Gasteiger partial charge in [0.15, 0.2) is 0 Å². The molecular formula is C29H38N4O4. The molecule has 37 heavy (non-hydrogen) atoms. The minimum atomic E-state index is -0.612. The number of nitrogens with zero attached hydrogens (tertiary/aromatic N) is 1. The van der Waals surface area contributed by atoms with E-state index in [1.165, 1.54) is 22.3 Å². The smallest absolute Gasteiger partial charge is 0.407 e. The number of amides is 3. The van der Waals surface area contributed by atoms with Gasteiger partial charge in [-0.3, -0.25) is 9.59 Å². The van der Waals surface area contributed by atoms with Crippen LogP contribution in [0.1, 0.15) is 56.6 Å². The molecule has 2 aromatic rings. The molecule has 4 rings (SSSR count). The average Bonchev–Trinajstić information content (AvgIpc) is 3.57. The number of benzene rings is 2. The summed E-state index contributed by atoms with van der Waals surface area (Å²) in [7, 11) is 0. The predicted molar refractivity (Wildman–Crippen MR) is 143 cm³/mol. The van der Waals surface area contributed by atoms with E-state index in [2.05, 4.69) is 40.2 Å². The van der Waals surface area contributed by atoms with Crippen LogP contribution < -0.4 is 16.0 Å². The first-order valence-electron chi connectivity index (χ1n) is 13.4. The highest BCUT2D eigenvalue weighted by molar-refractivity contribution is 5.90. The number of rotatable bonds is 11. The van der Waals surface area contributed by atoms with Crippen molar-refractivity contribution in [3.05, 3.63) is 59.7 Å². The molecule has 2 atom stereocenters. The van der Waals surface area contributed by atoms with Gasteiger partial charge in [0.25, 0.3) is 0 Å². The Morgan fingerprint density at radius 1 is 1.03 bits per heavy atom. The molecule has 0 saturated carbocycles. The number of ether oxygens (including phenoxy) is 1. The van der Waals surface area contributed by atoms with E-state index in [0.717, 1.165) is 19.4 Å². The monoisotopic (exact) mass is 506 g/mol. The van der Waals surface area contributed by atoms with Crippen LogP contribution in [0, 0.1) is 0 Å². The third kappa shape index (κ3) is 6.31. The van der Waals surface area contributed by atoms with Gasteiger partial charge in [-0.1, -0.05) is 48.5 Å². The molecule has 3 N–H and O–H groups in total. The largest absolute Gasteiger partial charge is 0.449 e. The third-order valence-corrected chi connectivity index (χ3v) is 7.35. The van der Waals surface area contributed by atoms with Crippen LogP contribution in [0.25, 0.3) is 11.1 Å². The van der Waals surface area contributed by atoms with Gasteiger partial charge in [-0.25, -0.2) is 4.79 Å². The van der Waals surface area contributed by atoms with Gasteiger partial charge in [-0.05, 0) is 68.3 Å². The Kier molecular flexibility index (Phi) is 9.17. The molecule has 1 fully saturated rings. The zero-order valence-corrected chi connectivity index (χ0v) is 21.8. The van der Waals surface area contributed by atoms with Gasteiger partial charge in [0.05, 0.1) is 6.04 Å². The fourth-order valence-corrected chi connectivity index (χ4v) is 5.34. The summed E-state index contributed by atoms with van der Waals surface area (Å²) in [6.07, 6.45) is 2.24. The lowest BCUT2D eigenvalue weighted by Crippen LogP contribution is -2.52. The molecule has 2 aromatic carbocycles. The van der Waals surface area contributed by atoms with Crippen molar-refractivity contribution in [3.63, 3.8) is 0 Å². The number of alkyl carbamates (subject to hydrolysis) is 1. The van der Waals surface area contributed by atoms with Crippen LogP contribution in [0.15, 0.2) is 48.5 Å². The Morgan fingerprint density at radius 2 is 1.68 bits per heavy atom. The minimum Gasteiger partial charge on any atom is -0.449 e. The normalized spacial score (nSPS) is 17.0. The summed E-state index contributed by atoms with van der Waals surface area (Å²) in [4.78, 5) is 39.9. The van der Waals surface area contributed by atoms with E-state index in [9.17, 15) is 14.4 Å². The van der Waals surface area contributed by atoms with E-state index < -0.39 is 12.1 Å². The van der Waals surface area contributed by atoms with Crippen LogP contribution in [0.2, 0.25) is 0 Å².